The first-order chi connectivity index (χ1) is 9.22. The Morgan fingerprint density at radius 1 is 0.947 bits per heavy atom. The van der Waals surface area contributed by atoms with E-state index in [4.69, 9.17) is 0 Å². The summed E-state index contributed by atoms with van der Waals surface area (Å²) < 4.78 is 0. The van der Waals surface area contributed by atoms with E-state index in [0.717, 1.165) is 18.4 Å². The van der Waals surface area contributed by atoms with E-state index in [1.807, 2.05) is 18.2 Å². The van der Waals surface area contributed by atoms with Crippen LogP contribution in [0.5, 0.6) is 0 Å². The molecule has 0 N–H and O–H groups in total. The van der Waals surface area contributed by atoms with Crippen LogP contribution < -0.4 is 0 Å². The maximum absolute atomic E-state index is 12.9. The van der Waals surface area contributed by atoms with Crippen molar-refractivity contribution in [1.29, 1.82) is 0 Å². The van der Waals surface area contributed by atoms with Crippen molar-refractivity contribution in [1.82, 2.24) is 0 Å². The van der Waals surface area contributed by atoms with Crippen LogP contribution in [0.25, 0.3) is 0 Å². The first-order valence-corrected chi connectivity index (χ1v) is 6.93. The van der Waals surface area contributed by atoms with Gasteiger partial charge in [0, 0.05) is 11.0 Å². The summed E-state index contributed by atoms with van der Waals surface area (Å²) in [6, 6.07) is 16.6. The Morgan fingerprint density at radius 3 is 2.32 bits per heavy atom. The molecule has 0 aliphatic heterocycles. The number of carbonyl (C=O) groups is 1. The molecule has 0 heterocycles. The fourth-order valence-corrected chi connectivity index (χ4v) is 3.99. The zero-order valence-corrected chi connectivity index (χ0v) is 11.0. The van der Waals surface area contributed by atoms with Crippen LogP contribution in [0, 0.1) is 5.41 Å². The summed E-state index contributed by atoms with van der Waals surface area (Å²) in [5.74, 6) is 0.676. The molecule has 0 amide bonds. The van der Waals surface area contributed by atoms with Crippen LogP contribution in [-0.2, 0) is 12.8 Å². The highest BCUT2D eigenvalue weighted by Gasteiger charge is 2.53. The minimum absolute atomic E-state index is 0.215. The molecule has 4 rings (SSSR count). The summed E-state index contributed by atoms with van der Waals surface area (Å²) in [6.45, 7) is 2.22. The van der Waals surface area contributed by atoms with Gasteiger partial charge in [0.2, 0.25) is 0 Å². The molecule has 2 atom stereocenters. The molecule has 19 heavy (non-hydrogen) atoms. The smallest absolute Gasteiger partial charge is 0.170 e. The normalized spacial score (nSPS) is 27.6. The number of rotatable bonds is 0. The molecule has 2 aromatic carbocycles. The number of carbonyl (C=O) groups excluding carboxylic acids is 1. The van der Waals surface area contributed by atoms with Gasteiger partial charge in [-0.1, -0.05) is 55.5 Å². The lowest BCUT2D eigenvalue weighted by molar-refractivity contribution is 0.0800. The lowest BCUT2D eigenvalue weighted by atomic mass is 9.74. The van der Waals surface area contributed by atoms with Gasteiger partial charge < -0.3 is 0 Å². The van der Waals surface area contributed by atoms with Crippen LogP contribution in [0.1, 0.15) is 39.9 Å². The molecule has 0 radical (unpaired) electrons. The second-order valence-electron chi connectivity index (χ2n) is 5.92. The third-order valence-corrected chi connectivity index (χ3v) is 5.08. The number of hydrogen-bond donors (Lipinski definition) is 0. The maximum atomic E-state index is 12.9. The molecule has 2 aliphatic rings. The number of ketones is 1. The molecule has 0 aromatic heterocycles. The minimum Gasteiger partial charge on any atom is -0.293 e. The highest BCUT2D eigenvalue weighted by Crippen LogP contribution is 2.54. The van der Waals surface area contributed by atoms with Gasteiger partial charge in [0.05, 0.1) is 0 Å². The van der Waals surface area contributed by atoms with Crippen molar-refractivity contribution in [2.24, 2.45) is 5.41 Å². The summed E-state index contributed by atoms with van der Waals surface area (Å²) in [5.41, 5.74) is 4.68. The number of benzene rings is 2. The van der Waals surface area contributed by atoms with Crippen LogP contribution in [0.2, 0.25) is 0 Å². The lowest BCUT2D eigenvalue weighted by Gasteiger charge is -2.27. The van der Waals surface area contributed by atoms with Gasteiger partial charge in [-0.05, 0) is 35.4 Å². The first-order valence-electron chi connectivity index (χ1n) is 6.93. The van der Waals surface area contributed by atoms with Gasteiger partial charge in [-0.3, -0.25) is 4.79 Å². The SMILES string of the molecule is CC1c2ccccc2CC12Cc1ccccc1C2=O. The number of hydrogen-bond acceptors (Lipinski definition) is 1. The van der Waals surface area contributed by atoms with Crippen molar-refractivity contribution < 1.29 is 4.79 Å². The molecule has 1 nitrogen and oxygen atoms in total. The standard InChI is InChI=1S/C18H16O/c1-12-15-8-4-2-6-13(15)10-18(12)11-14-7-3-5-9-16(14)17(18)19/h2-9,12H,10-11H2,1H3. The number of Topliss-reactive ketones (excluding diaryl/α,β-unsaturated/α-hetero) is 1. The van der Waals surface area contributed by atoms with E-state index in [2.05, 4.69) is 37.3 Å². The molecule has 0 fully saturated rings. The quantitative estimate of drug-likeness (QED) is 0.693. The second-order valence-corrected chi connectivity index (χ2v) is 5.92. The van der Waals surface area contributed by atoms with Crippen LogP contribution in [0.4, 0.5) is 0 Å². The van der Waals surface area contributed by atoms with Gasteiger partial charge in [0.1, 0.15) is 0 Å². The topological polar surface area (TPSA) is 17.1 Å². The molecule has 2 aromatic rings. The largest absolute Gasteiger partial charge is 0.293 e. The molecular formula is C18H16O. The van der Waals surface area contributed by atoms with Crippen molar-refractivity contribution in [2.75, 3.05) is 0 Å². The van der Waals surface area contributed by atoms with Crippen LogP contribution >= 0.6 is 0 Å². The van der Waals surface area contributed by atoms with Crippen molar-refractivity contribution in [3.05, 3.63) is 70.8 Å². The zero-order valence-electron chi connectivity index (χ0n) is 11.0. The Morgan fingerprint density at radius 2 is 1.58 bits per heavy atom. The van der Waals surface area contributed by atoms with E-state index in [1.165, 1.54) is 16.7 Å². The molecule has 0 bridgehead atoms. The highest BCUT2D eigenvalue weighted by atomic mass is 16.1. The van der Waals surface area contributed by atoms with Crippen molar-refractivity contribution in [2.45, 2.75) is 25.7 Å². The Kier molecular flexibility index (Phi) is 2.06. The molecule has 0 saturated carbocycles. The van der Waals surface area contributed by atoms with Crippen molar-refractivity contribution >= 4 is 5.78 Å². The van der Waals surface area contributed by atoms with Crippen LogP contribution in [0.15, 0.2) is 48.5 Å². The molecule has 2 unspecified atom stereocenters. The Hall–Kier alpha value is -1.89. The Labute approximate surface area is 113 Å². The van der Waals surface area contributed by atoms with E-state index in [-0.39, 0.29) is 5.41 Å². The van der Waals surface area contributed by atoms with Gasteiger partial charge in [0.25, 0.3) is 0 Å². The highest BCUT2D eigenvalue weighted by molar-refractivity contribution is 6.06. The van der Waals surface area contributed by atoms with Gasteiger partial charge >= 0.3 is 0 Å². The zero-order chi connectivity index (χ0) is 13.0. The third-order valence-electron chi connectivity index (χ3n) is 5.08. The van der Waals surface area contributed by atoms with Crippen LogP contribution in [-0.4, -0.2) is 5.78 Å². The minimum atomic E-state index is -0.215. The molecule has 0 saturated heterocycles. The Balaban J connectivity index is 1.86. The monoisotopic (exact) mass is 248 g/mol. The van der Waals surface area contributed by atoms with Gasteiger partial charge in [-0.25, -0.2) is 0 Å². The van der Waals surface area contributed by atoms with E-state index in [0.29, 0.717) is 11.7 Å². The fourth-order valence-electron chi connectivity index (χ4n) is 3.99. The summed E-state index contributed by atoms with van der Waals surface area (Å²) in [5, 5.41) is 0. The van der Waals surface area contributed by atoms with Crippen LogP contribution in [0.3, 0.4) is 0 Å². The first kappa shape index (κ1) is 11.0. The third kappa shape index (κ3) is 1.28. The Bertz CT molecular complexity index is 682. The van der Waals surface area contributed by atoms with Crippen molar-refractivity contribution in [3.8, 4) is 0 Å². The van der Waals surface area contributed by atoms with E-state index in [9.17, 15) is 4.79 Å². The summed E-state index contributed by atoms with van der Waals surface area (Å²) in [7, 11) is 0. The number of fused-ring (bicyclic) bond motifs is 2. The predicted molar refractivity (Wildman–Crippen MR) is 75.5 cm³/mol. The molecule has 94 valence electrons. The van der Waals surface area contributed by atoms with Crippen molar-refractivity contribution in [3.63, 3.8) is 0 Å². The maximum Gasteiger partial charge on any atom is 0.170 e. The molecule has 1 heteroatoms. The molecule has 2 aliphatic carbocycles. The van der Waals surface area contributed by atoms with Gasteiger partial charge in [0.15, 0.2) is 5.78 Å². The average Bonchev–Trinajstić information content (AvgIpc) is 2.88. The second kappa shape index (κ2) is 3.57. The van der Waals surface area contributed by atoms with E-state index in [1.54, 1.807) is 0 Å². The van der Waals surface area contributed by atoms with E-state index >= 15 is 0 Å². The molecular weight excluding hydrogens is 232 g/mol. The molecule has 1 spiro atoms. The van der Waals surface area contributed by atoms with Gasteiger partial charge in [-0.2, -0.15) is 0 Å². The average molecular weight is 248 g/mol. The lowest BCUT2D eigenvalue weighted by Crippen LogP contribution is -2.31. The fraction of sp³-hybridized carbons (Fsp3) is 0.278. The predicted octanol–water partition coefficient (Wildman–Crippen LogP) is 3.77. The van der Waals surface area contributed by atoms with Gasteiger partial charge in [-0.15, -0.1) is 0 Å². The summed E-state index contributed by atoms with van der Waals surface area (Å²) in [6.07, 6.45) is 1.80. The summed E-state index contributed by atoms with van der Waals surface area (Å²) in [4.78, 5) is 12.9. The van der Waals surface area contributed by atoms with E-state index < -0.39 is 0 Å². The summed E-state index contributed by atoms with van der Waals surface area (Å²) >= 11 is 0.